The number of amides is 1. The van der Waals surface area contributed by atoms with Gasteiger partial charge in [0.15, 0.2) is 0 Å². The number of benzene rings is 2. The molecule has 0 saturated carbocycles. The van der Waals surface area contributed by atoms with Crippen molar-refractivity contribution in [2.45, 2.75) is 25.7 Å². The van der Waals surface area contributed by atoms with E-state index in [2.05, 4.69) is 17.4 Å². The summed E-state index contributed by atoms with van der Waals surface area (Å²) in [6, 6.07) is 17.7. The third kappa shape index (κ3) is 5.42. The molecule has 5 heteroatoms. The number of carboxylic acid groups (broad SMARTS) is 1. The second-order valence-corrected chi connectivity index (χ2v) is 7.25. The molecular weight excluding hydrogens is 354 g/mol. The second-order valence-electron chi connectivity index (χ2n) is 7.25. The minimum Gasteiger partial charge on any atom is -0.481 e. The summed E-state index contributed by atoms with van der Waals surface area (Å²) in [5.74, 6) is -1.60. The van der Waals surface area contributed by atoms with E-state index in [0.717, 1.165) is 31.2 Å². The highest BCUT2D eigenvalue weighted by Crippen LogP contribution is 2.24. The number of carboxylic acids is 1. The summed E-state index contributed by atoms with van der Waals surface area (Å²) >= 11 is 0. The van der Waals surface area contributed by atoms with Gasteiger partial charge in [0.1, 0.15) is 0 Å². The predicted molar refractivity (Wildman–Crippen MR) is 107 cm³/mol. The van der Waals surface area contributed by atoms with Crippen LogP contribution in [-0.2, 0) is 22.4 Å². The van der Waals surface area contributed by atoms with Crippen LogP contribution in [0.3, 0.4) is 0 Å². The minimum absolute atomic E-state index is 0.0416. The Labute approximate surface area is 165 Å². The van der Waals surface area contributed by atoms with E-state index in [-0.39, 0.29) is 18.4 Å². The lowest BCUT2D eigenvalue weighted by molar-refractivity contribution is -0.144. The Bertz CT molecular complexity index is 784. The normalized spacial score (nSPS) is 15.7. The Morgan fingerprint density at radius 2 is 1.68 bits per heavy atom. The molecule has 1 atom stereocenters. The van der Waals surface area contributed by atoms with Crippen molar-refractivity contribution >= 4 is 11.9 Å². The van der Waals surface area contributed by atoms with E-state index in [1.54, 1.807) is 6.07 Å². The van der Waals surface area contributed by atoms with Gasteiger partial charge >= 0.3 is 5.97 Å². The number of ether oxygens (including phenoxy) is 1. The van der Waals surface area contributed by atoms with Gasteiger partial charge in [-0.2, -0.15) is 0 Å². The van der Waals surface area contributed by atoms with Crippen molar-refractivity contribution in [1.29, 1.82) is 0 Å². The highest BCUT2D eigenvalue weighted by molar-refractivity contribution is 5.95. The zero-order valence-corrected chi connectivity index (χ0v) is 16.0. The van der Waals surface area contributed by atoms with Crippen LogP contribution in [0.5, 0.6) is 0 Å². The lowest BCUT2D eigenvalue weighted by atomic mass is 9.86. The predicted octanol–water partition coefficient (Wildman–Crippen LogP) is 3.33. The Balaban J connectivity index is 1.62. The quantitative estimate of drug-likeness (QED) is 0.735. The Kier molecular flexibility index (Phi) is 7.20. The van der Waals surface area contributed by atoms with E-state index in [9.17, 15) is 14.7 Å². The van der Waals surface area contributed by atoms with Crippen molar-refractivity contribution < 1.29 is 19.4 Å². The fraction of sp³-hybridized carbons (Fsp3) is 0.391. The number of hydrogen-bond donors (Lipinski definition) is 2. The van der Waals surface area contributed by atoms with Crippen molar-refractivity contribution in [2.24, 2.45) is 11.8 Å². The Morgan fingerprint density at radius 3 is 2.39 bits per heavy atom. The summed E-state index contributed by atoms with van der Waals surface area (Å²) < 4.78 is 5.32. The Morgan fingerprint density at radius 1 is 1.00 bits per heavy atom. The van der Waals surface area contributed by atoms with Crippen LogP contribution < -0.4 is 5.32 Å². The molecule has 1 aliphatic rings. The van der Waals surface area contributed by atoms with E-state index in [1.807, 2.05) is 36.4 Å². The maximum absolute atomic E-state index is 12.8. The third-order valence-corrected chi connectivity index (χ3v) is 5.42. The molecule has 2 aromatic rings. The van der Waals surface area contributed by atoms with Gasteiger partial charge < -0.3 is 15.2 Å². The fourth-order valence-electron chi connectivity index (χ4n) is 3.76. The van der Waals surface area contributed by atoms with Gasteiger partial charge in [-0.3, -0.25) is 9.59 Å². The van der Waals surface area contributed by atoms with Gasteiger partial charge in [0.2, 0.25) is 0 Å². The monoisotopic (exact) mass is 381 g/mol. The molecule has 0 aromatic heterocycles. The molecule has 1 aliphatic heterocycles. The molecule has 3 rings (SSSR count). The minimum atomic E-state index is -0.857. The van der Waals surface area contributed by atoms with Crippen LogP contribution >= 0.6 is 0 Å². The van der Waals surface area contributed by atoms with E-state index >= 15 is 0 Å². The highest BCUT2D eigenvalue weighted by Gasteiger charge is 2.30. The van der Waals surface area contributed by atoms with Crippen LogP contribution in [0, 0.1) is 11.8 Å². The molecule has 5 nitrogen and oxygen atoms in total. The number of aryl methyl sites for hydroxylation is 2. The lowest BCUT2D eigenvalue weighted by Crippen LogP contribution is -2.39. The molecule has 1 heterocycles. The molecule has 0 spiro atoms. The summed E-state index contributed by atoms with van der Waals surface area (Å²) in [5.41, 5.74) is 2.82. The first-order valence-electron chi connectivity index (χ1n) is 9.85. The molecule has 1 unspecified atom stereocenters. The average Bonchev–Trinajstić information content (AvgIpc) is 2.74. The smallest absolute Gasteiger partial charge is 0.308 e. The van der Waals surface area contributed by atoms with Gasteiger partial charge in [-0.05, 0) is 48.8 Å². The zero-order chi connectivity index (χ0) is 19.8. The van der Waals surface area contributed by atoms with Crippen molar-refractivity contribution in [3.63, 3.8) is 0 Å². The number of rotatable bonds is 8. The largest absolute Gasteiger partial charge is 0.481 e. The third-order valence-electron chi connectivity index (χ3n) is 5.42. The molecule has 148 valence electrons. The molecule has 0 bridgehead atoms. The summed E-state index contributed by atoms with van der Waals surface area (Å²) in [4.78, 5) is 24.4. The van der Waals surface area contributed by atoms with E-state index in [4.69, 9.17) is 4.74 Å². The number of carbonyl (C=O) groups excluding carboxylic acids is 1. The molecule has 0 radical (unpaired) electrons. The second kappa shape index (κ2) is 10.0. The molecule has 1 amide bonds. The maximum Gasteiger partial charge on any atom is 0.308 e. The topological polar surface area (TPSA) is 75.6 Å². The number of nitrogens with one attached hydrogen (secondary N) is 1. The number of carbonyl (C=O) groups is 2. The fourth-order valence-corrected chi connectivity index (χ4v) is 3.76. The van der Waals surface area contributed by atoms with Crippen LogP contribution in [0.2, 0.25) is 0 Å². The molecule has 1 saturated heterocycles. The highest BCUT2D eigenvalue weighted by atomic mass is 16.5. The average molecular weight is 381 g/mol. The van der Waals surface area contributed by atoms with Crippen LogP contribution in [0.15, 0.2) is 54.6 Å². The number of aliphatic carboxylic acids is 1. The molecule has 2 aromatic carbocycles. The van der Waals surface area contributed by atoms with Gasteiger partial charge in [0, 0.05) is 25.3 Å². The van der Waals surface area contributed by atoms with Gasteiger partial charge in [0.25, 0.3) is 5.91 Å². The van der Waals surface area contributed by atoms with Crippen molar-refractivity contribution in [1.82, 2.24) is 5.32 Å². The molecule has 28 heavy (non-hydrogen) atoms. The first-order chi connectivity index (χ1) is 13.6. The Hall–Kier alpha value is -2.66. The lowest BCUT2D eigenvalue weighted by Gasteiger charge is -2.27. The molecular formula is C23H27NO4. The van der Waals surface area contributed by atoms with Crippen LogP contribution in [0.1, 0.15) is 34.3 Å². The number of hydrogen-bond acceptors (Lipinski definition) is 3. The zero-order valence-electron chi connectivity index (χ0n) is 16.0. The van der Waals surface area contributed by atoms with E-state index in [0.29, 0.717) is 18.8 Å². The summed E-state index contributed by atoms with van der Waals surface area (Å²) in [5, 5.41) is 12.4. The first-order valence-corrected chi connectivity index (χ1v) is 9.85. The summed E-state index contributed by atoms with van der Waals surface area (Å²) in [6.07, 6.45) is 3.06. The summed E-state index contributed by atoms with van der Waals surface area (Å²) in [6.45, 7) is 1.32. The van der Waals surface area contributed by atoms with Gasteiger partial charge in [-0.15, -0.1) is 0 Å². The van der Waals surface area contributed by atoms with Gasteiger partial charge in [-0.1, -0.05) is 48.5 Å². The van der Waals surface area contributed by atoms with Gasteiger partial charge in [-0.25, -0.2) is 0 Å². The van der Waals surface area contributed by atoms with Crippen LogP contribution in [0.4, 0.5) is 0 Å². The van der Waals surface area contributed by atoms with E-state index in [1.165, 1.54) is 5.56 Å². The standard InChI is InChI=1S/C23H27NO4/c25-22(24-16-21(23(26)27)19-12-14-28-15-13-19)20-9-5-4-8-18(20)11-10-17-6-2-1-3-7-17/h1-9,19,21H,10-16H2,(H,24,25)(H,26,27). The van der Waals surface area contributed by atoms with Crippen molar-refractivity contribution in [2.75, 3.05) is 19.8 Å². The van der Waals surface area contributed by atoms with Crippen molar-refractivity contribution in [3.05, 3.63) is 71.3 Å². The van der Waals surface area contributed by atoms with Crippen LogP contribution in [0.25, 0.3) is 0 Å². The SMILES string of the molecule is O=C(NCC(C(=O)O)C1CCOCC1)c1ccccc1CCc1ccccc1. The van der Waals surface area contributed by atoms with Crippen LogP contribution in [-0.4, -0.2) is 36.7 Å². The molecule has 1 fully saturated rings. The maximum atomic E-state index is 12.8. The molecule has 0 aliphatic carbocycles. The summed E-state index contributed by atoms with van der Waals surface area (Å²) in [7, 11) is 0. The molecule has 2 N–H and O–H groups in total. The van der Waals surface area contributed by atoms with E-state index < -0.39 is 11.9 Å². The van der Waals surface area contributed by atoms with Gasteiger partial charge in [0.05, 0.1) is 5.92 Å². The van der Waals surface area contributed by atoms with Crippen molar-refractivity contribution in [3.8, 4) is 0 Å². The first kappa shape index (κ1) is 20.1.